The maximum absolute atomic E-state index is 12.5. The third-order valence-electron chi connectivity index (χ3n) is 3.45. The van der Waals surface area contributed by atoms with Gasteiger partial charge < -0.3 is 15.5 Å². The molecule has 0 aliphatic heterocycles. The van der Waals surface area contributed by atoms with Gasteiger partial charge in [-0.15, -0.1) is 0 Å². The molecule has 0 fully saturated rings. The fraction of sp³-hybridized carbons (Fsp3) is 0. The van der Waals surface area contributed by atoms with Crippen LogP contribution in [0.5, 0.6) is 11.5 Å². The number of phenols is 2. The summed E-state index contributed by atoms with van der Waals surface area (Å²) in [5.74, 6) is 0.00402. The van der Waals surface area contributed by atoms with Crippen LogP contribution in [0.3, 0.4) is 0 Å². The Kier molecular flexibility index (Phi) is 3.97. The molecule has 0 spiro atoms. The normalized spacial score (nSPS) is 10.3. The van der Waals surface area contributed by atoms with E-state index in [0.29, 0.717) is 11.3 Å². The molecule has 0 aliphatic rings. The topological polar surface area (TPSA) is 69.6 Å². The maximum atomic E-state index is 12.5. The quantitative estimate of drug-likeness (QED) is 0.684. The van der Waals surface area contributed by atoms with E-state index in [2.05, 4.69) is 5.32 Å². The summed E-state index contributed by atoms with van der Waals surface area (Å²) in [4.78, 5) is 12.5. The SMILES string of the molecule is O=C(Nc1cccc(O)c1)c1ccccc1-c1ccc(O)cc1. The highest BCUT2D eigenvalue weighted by molar-refractivity contribution is 6.08. The predicted molar refractivity (Wildman–Crippen MR) is 89.6 cm³/mol. The second kappa shape index (κ2) is 6.23. The third-order valence-corrected chi connectivity index (χ3v) is 3.45. The molecule has 1 amide bonds. The Morgan fingerprint density at radius 1 is 0.783 bits per heavy atom. The first-order valence-corrected chi connectivity index (χ1v) is 7.12. The Labute approximate surface area is 133 Å². The van der Waals surface area contributed by atoms with Gasteiger partial charge in [0.2, 0.25) is 0 Å². The summed E-state index contributed by atoms with van der Waals surface area (Å²) in [6.45, 7) is 0. The van der Waals surface area contributed by atoms with Gasteiger partial charge in [0.25, 0.3) is 5.91 Å². The minimum atomic E-state index is -0.265. The predicted octanol–water partition coefficient (Wildman–Crippen LogP) is 4.02. The van der Waals surface area contributed by atoms with Crippen molar-refractivity contribution in [3.63, 3.8) is 0 Å². The Morgan fingerprint density at radius 2 is 1.52 bits per heavy atom. The molecule has 0 unspecified atom stereocenters. The van der Waals surface area contributed by atoms with Gasteiger partial charge >= 0.3 is 0 Å². The number of benzene rings is 3. The highest BCUT2D eigenvalue weighted by atomic mass is 16.3. The van der Waals surface area contributed by atoms with Gasteiger partial charge in [-0.05, 0) is 41.5 Å². The fourth-order valence-corrected chi connectivity index (χ4v) is 2.36. The molecule has 114 valence electrons. The van der Waals surface area contributed by atoms with Crippen LogP contribution in [0, 0.1) is 0 Å². The van der Waals surface area contributed by atoms with E-state index >= 15 is 0 Å². The molecule has 3 N–H and O–H groups in total. The molecule has 3 aromatic rings. The Morgan fingerprint density at radius 3 is 2.26 bits per heavy atom. The molecule has 0 aliphatic carbocycles. The Hall–Kier alpha value is -3.27. The van der Waals surface area contributed by atoms with Crippen LogP contribution in [0.4, 0.5) is 5.69 Å². The van der Waals surface area contributed by atoms with E-state index in [1.165, 1.54) is 6.07 Å². The highest BCUT2D eigenvalue weighted by Gasteiger charge is 2.12. The summed E-state index contributed by atoms with van der Waals surface area (Å²) >= 11 is 0. The monoisotopic (exact) mass is 305 g/mol. The van der Waals surface area contributed by atoms with Gasteiger partial charge in [-0.1, -0.05) is 36.4 Å². The molecule has 0 aromatic heterocycles. The van der Waals surface area contributed by atoms with Crippen molar-refractivity contribution >= 4 is 11.6 Å². The number of phenolic OH excluding ortho intramolecular Hbond substituents is 2. The summed E-state index contributed by atoms with van der Waals surface area (Å²) < 4.78 is 0. The second-order valence-corrected chi connectivity index (χ2v) is 5.10. The largest absolute Gasteiger partial charge is 0.508 e. The van der Waals surface area contributed by atoms with Crippen LogP contribution in [-0.2, 0) is 0 Å². The molecule has 23 heavy (non-hydrogen) atoms. The van der Waals surface area contributed by atoms with E-state index in [4.69, 9.17) is 0 Å². The summed E-state index contributed by atoms with van der Waals surface area (Å²) in [6, 6.07) is 20.3. The van der Waals surface area contributed by atoms with Gasteiger partial charge in [-0.25, -0.2) is 0 Å². The zero-order valence-electron chi connectivity index (χ0n) is 12.2. The van der Waals surface area contributed by atoms with Gasteiger partial charge in [0.15, 0.2) is 0 Å². The van der Waals surface area contributed by atoms with Crippen molar-refractivity contribution in [2.45, 2.75) is 0 Å². The zero-order chi connectivity index (χ0) is 16.2. The molecular formula is C19H15NO3. The van der Waals surface area contributed by atoms with Crippen LogP contribution >= 0.6 is 0 Å². The van der Waals surface area contributed by atoms with Crippen LogP contribution in [0.15, 0.2) is 72.8 Å². The number of rotatable bonds is 3. The minimum absolute atomic E-state index is 0.0922. The van der Waals surface area contributed by atoms with Crippen LogP contribution in [-0.4, -0.2) is 16.1 Å². The molecule has 0 saturated heterocycles. The van der Waals surface area contributed by atoms with Crippen molar-refractivity contribution in [3.05, 3.63) is 78.4 Å². The lowest BCUT2D eigenvalue weighted by Crippen LogP contribution is -2.13. The molecule has 0 atom stereocenters. The first-order valence-electron chi connectivity index (χ1n) is 7.12. The van der Waals surface area contributed by atoms with E-state index in [0.717, 1.165) is 11.1 Å². The lowest BCUT2D eigenvalue weighted by molar-refractivity contribution is 0.102. The molecule has 3 aromatic carbocycles. The first kappa shape index (κ1) is 14.7. The van der Waals surface area contributed by atoms with Gasteiger partial charge in [-0.2, -0.15) is 0 Å². The maximum Gasteiger partial charge on any atom is 0.256 e. The number of nitrogens with one attached hydrogen (secondary N) is 1. The summed E-state index contributed by atoms with van der Waals surface area (Å²) in [7, 11) is 0. The zero-order valence-corrected chi connectivity index (χ0v) is 12.2. The Bertz CT molecular complexity index is 841. The van der Waals surface area contributed by atoms with Crippen LogP contribution in [0.25, 0.3) is 11.1 Å². The van der Waals surface area contributed by atoms with Crippen molar-refractivity contribution < 1.29 is 15.0 Å². The summed E-state index contributed by atoms with van der Waals surface area (Å²) in [5.41, 5.74) is 2.65. The minimum Gasteiger partial charge on any atom is -0.508 e. The number of hydrogen-bond donors (Lipinski definition) is 3. The molecule has 0 bridgehead atoms. The van der Waals surface area contributed by atoms with E-state index in [9.17, 15) is 15.0 Å². The van der Waals surface area contributed by atoms with Gasteiger partial charge in [0.1, 0.15) is 11.5 Å². The average molecular weight is 305 g/mol. The van der Waals surface area contributed by atoms with Gasteiger partial charge in [0.05, 0.1) is 0 Å². The average Bonchev–Trinajstić information content (AvgIpc) is 2.55. The summed E-state index contributed by atoms with van der Waals surface area (Å²) in [6.07, 6.45) is 0. The number of anilines is 1. The number of hydrogen-bond acceptors (Lipinski definition) is 3. The van der Waals surface area contributed by atoms with E-state index in [1.807, 2.05) is 12.1 Å². The lowest BCUT2D eigenvalue weighted by Gasteiger charge is -2.11. The smallest absolute Gasteiger partial charge is 0.256 e. The first-order chi connectivity index (χ1) is 11.1. The van der Waals surface area contributed by atoms with Crippen molar-refractivity contribution in [1.29, 1.82) is 0 Å². The number of aromatic hydroxyl groups is 2. The van der Waals surface area contributed by atoms with Crippen LogP contribution < -0.4 is 5.32 Å². The number of carbonyl (C=O) groups excluding carboxylic acids is 1. The van der Waals surface area contributed by atoms with Crippen molar-refractivity contribution in [2.75, 3.05) is 5.32 Å². The van der Waals surface area contributed by atoms with E-state index in [1.54, 1.807) is 54.6 Å². The van der Waals surface area contributed by atoms with Crippen molar-refractivity contribution in [3.8, 4) is 22.6 Å². The molecule has 0 heterocycles. The molecular weight excluding hydrogens is 290 g/mol. The number of carbonyl (C=O) groups is 1. The van der Waals surface area contributed by atoms with Gasteiger partial charge in [0, 0.05) is 17.3 Å². The van der Waals surface area contributed by atoms with Crippen molar-refractivity contribution in [2.24, 2.45) is 0 Å². The second-order valence-electron chi connectivity index (χ2n) is 5.10. The van der Waals surface area contributed by atoms with Gasteiger partial charge in [-0.3, -0.25) is 4.79 Å². The fourth-order valence-electron chi connectivity index (χ4n) is 2.36. The lowest BCUT2D eigenvalue weighted by atomic mass is 9.99. The highest BCUT2D eigenvalue weighted by Crippen LogP contribution is 2.26. The van der Waals surface area contributed by atoms with E-state index < -0.39 is 0 Å². The third kappa shape index (κ3) is 3.32. The van der Waals surface area contributed by atoms with Crippen molar-refractivity contribution in [1.82, 2.24) is 0 Å². The number of amides is 1. The standard InChI is InChI=1S/C19H15NO3/c21-15-10-8-13(9-11-15)17-6-1-2-7-18(17)19(23)20-14-4-3-5-16(22)12-14/h1-12,21-22H,(H,20,23). The van der Waals surface area contributed by atoms with E-state index in [-0.39, 0.29) is 17.4 Å². The molecule has 3 rings (SSSR count). The Balaban J connectivity index is 1.93. The molecule has 4 heteroatoms. The molecule has 0 saturated carbocycles. The van der Waals surface area contributed by atoms with Crippen LogP contribution in [0.1, 0.15) is 10.4 Å². The molecule has 4 nitrogen and oxygen atoms in total. The molecule has 0 radical (unpaired) electrons. The van der Waals surface area contributed by atoms with Crippen LogP contribution in [0.2, 0.25) is 0 Å². The summed E-state index contributed by atoms with van der Waals surface area (Å²) in [5, 5.41) is 21.7.